The predicted molar refractivity (Wildman–Crippen MR) is 62.3 cm³/mol. The number of carboxylic acids is 1. The van der Waals surface area contributed by atoms with E-state index in [-0.39, 0.29) is 5.82 Å². The molecule has 2 rings (SSSR count). The second-order valence-electron chi connectivity index (χ2n) is 3.52. The number of nitrogens with zero attached hydrogens (tertiary/aromatic N) is 2. The first-order valence-corrected chi connectivity index (χ1v) is 5.35. The summed E-state index contributed by atoms with van der Waals surface area (Å²) in [7, 11) is 0. The first kappa shape index (κ1) is 11.3. The Morgan fingerprint density at radius 1 is 1.35 bits per heavy atom. The molecule has 5 nitrogen and oxygen atoms in total. The van der Waals surface area contributed by atoms with Crippen molar-refractivity contribution in [1.82, 2.24) is 9.97 Å². The lowest BCUT2D eigenvalue weighted by Gasteiger charge is -2.07. The molecular weight excluding hydrogens is 220 g/mol. The number of carbonyl (C=O) groups is 1. The van der Waals surface area contributed by atoms with Crippen LogP contribution in [0.1, 0.15) is 24.0 Å². The van der Waals surface area contributed by atoms with Crippen molar-refractivity contribution in [2.45, 2.75) is 13.3 Å². The molecule has 0 saturated heterocycles. The average molecular weight is 232 g/mol. The SMILES string of the molecule is CCCOc1nc(C(=O)O)nc2ccccc12. The van der Waals surface area contributed by atoms with Crippen molar-refractivity contribution in [1.29, 1.82) is 0 Å². The minimum absolute atomic E-state index is 0.241. The number of para-hydroxylation sites is 1. The van der Waals surface area contributed by atoms with Crippen LogP contribution in [0.15, 0.2) is 24.3 Å². The third-order valence-corrected chi connectivity index (χ3v) is 2.20. The van der Waals surface area contributed by atoms with Gasteiger partial charge in [-0.25, -0.2) is 9.78 Å². The maximum atomic E-state index is 10.9. The summed E-state index contributed by atoms with van der Waals surface area (Å²) in [5.41, 5.74) is 0.575. The molecule has 1 heterocycles. The van der Waals surface area contributed by atoms with Gasteiger partial charge in [0.1, 0.15) is 0 Å². The van der Waals surface area contributed by atoms with Crippen LogP contribution in [-0.2, 0) is 0 Å². The number of aromatic nitrogens is 2. The largest absolute Gasteiger partial charge is 0.477 e. The average Bonchev–Trinajstić information content (AvgIpc) is 2.35. The molecule has 0 spiro atoms. The lowest BCUT2D eigenvalue weighted by atomic mass is 10.2. The zero-order valence-electron chi connectivity index (χ0n) is 9.38. The Balaban J connectivity index is 2.56. The summed E-state index contributed by atoms with van der Waals surface area (Å²) >= 11 is 0. The fourth-order valence-corrected chi connectivity index (χ4v) is 1.45. The maximum absolute atomic E-state index is 10.9. The Morgan fingerprint density at radius 3 is 2.82 bits per heavy atom. The Kier molecular flexibility index (Phi) is 3.18. The van der Waals surface area contributed by atoms with Gasteiger partial charge >= 0.3 is 5.97 Å². The van der Waals surface area contributed by atoms with Crippen LogP contribution < -0.4 is 4.74 Å². The highest BCUT2D eigenvalue weighted by atomic mass is 16.5. The smallest absolute Gasteiger partial charge is 0.374 e. The zero-order chi connectivity index (χ0) is 12.3. The molecule has 5 heteroatoms. The van der Waals surface area contributed by atoms with Crippen LogP contribution in [0.3, 0.4) is 0 Å². The summed E-state index contributed by atoms with van der Waals surface area (Å²) in [5.74, 6) is -1.07. The zero-order valence-corrected chi connectivity index (χ0v) is 9.38. The Bertz CT molecular complexity index is 554. The van der Waals surface area contributed by atoms with Crippen molar-refractivity contribution in [2.24, 2.45) is 0 Å². The second kappa shape index (κ2) is 4.78. The Morgan fingerprint density at radius 2 is 2.12 bits per heavy atom. The van der Waals surface area contributed by atoms with Gasteiger partial charge in [0.2, 0.25) is 11.7 Å². The fraction of sp³-hybridized carbons (Fsp3) is 0.250. The van der Waals surface area contributed by atoms with Crippen LogP contribution in [0.5, 0.6) is 5.88 Å². The standard InChI is InChI=1S/C12H12N2O3/c1-2-7-17-11-8-5-3-4-6-9(8)13-10(14-11)12(15)16/h3-6H,2,7H2,1H3,(H,15,16). The molecule has 0 atom stereocenters. The molecule has 2 aromatic rings. The van der Waals surface area contributed by atoms with Gasteiger partial charge in [0.25, 0.3) is 0 Å². The van der Waals surface area contributed by atoms with Gasteiger partial charge in [0.05, 0.1) is 17.5 Å². The summed E-state index contributed by atoms with van der Waals surface area (Å²) in [6.07, 6.45) is 0.834. The topological polar surface area (TPSA) is 72.3 Å². The van der Waals surface area contributed by atoms with E-state index in [1.807, 2.05) is 19.1 Å². The van der Waals surface area contributed by atoms with Crippen molar-refractivity contribution in [3.05, 3.63) is 30.1 Å². The minimum atomic E-state index is -1.16. The van der Waals surface area contributed by atoms with E-state index in [1.54, 1.807) is 12.1 Å². The predicted octanol–water partition coefficient (Wildman–Crippen LogP) is 2.12. The molecule has 0 amide bonds. The molecule has 1 N–H and O–H groups in total. The van der Waals surface area contributed by atoms with Gasteiger partial charge < -0.3 is 9.84 Å². The fourth-order valence-electron chi connectivity index (χ4n) is 1.45. The van der Waals surface area contributed by atoms with Crippen LogP contribution in [0.25, 0.3) is 10.9 Å². The first-order chi connectivity index (χ1) is 8.22. The Hall–Kier alpha value is -2.17. The lowest BCUT2D eigenvalue weighted by Crippen LogP contribution is -2.07. The van der Waals surface area contributed by atoms with E-state index in [9.17, 15) is 4.79 Å². The van der Waals surface area contributed by atoms with E-state index < -0.39 is 5.97 Å². The monoisotopic (exact) mass is 232 g/mol. The number of fused-ring (bicyclic) bond motifs is 1. The molecule has 0 fully saturated rings. The molecule has 1 aromatic carbocycles. The number of aromatic carboxylic acids is 1. The maximum Gasteiger partial charge on any atom is 0.374 e. The number of ether oxygens (including phenoxy) is 1. The first-order valence-electron chi connectivity index (χ1n) is 5.35. The van der Waals surface area contributed by atoms with E-state index in [2.05, 4.69) is 9.97 Å². The van der Waals surface area contributed by atoms with Crippen LogP contribution in [0.4, 0.5) is 0 Å². The van der Waals surface area contributed by atoms with Crippen LogP contribution in [-0.4, -0.2) is 27.7 Å². The highest BCUT2D eigenvalue weighted by Crippen LogP contribution is 2.22. The van der Waals surface area contributed by atoms with E-state index in [4.69, 9.17) is 9.84 Å². The van der Waals surface area contributed by atoms with Crippen molar-refractivity contribution in [2.75, 3.05) is 6.61 Å². The molecule has 0 bridgehead atoms. The minimum Gasteiger partial charge on any atom is -0.477 e. The molecule has 0 unspecified atom stereocenters. The third kappa shape index (κ3) is 2.33. The molecule has 0 aliphatic heterocycles. The molecular formula is C12H12N2O3. The van der Waals surface area contributed by atoms with Gasteiger partial charge in [-0.2, -0.15) is 4.98 Å². The highest BCUT2D eigenvalue weighted by Gasteiger charge is 2.13. The van der Waals surface area contributed by atoms with Gasteiger partial charge in [-0.05, 0) is 18.6 Å². The lowest BCUT2D eigenvalue weighted by molar-refractivity contribution is 0.0682. The molecule has 0 saturated carbocycles. The molecule has 17 heavy (non-hydrogen) atoms. The molecule has 0 aliphatic carbocycles. The number of benzene rings is 1. The normalized spacial score (nSPS) is 10.4. The second-order valence-corrected chi connectivity index (χ2v) is 3.52. The van der Waals surface area contributed by atoms with Gasteiger partial charge in [0.15, 0.2) is 0 Å². The van der Waals surface area contributed by atoms with Crippen LogP contribution in [0.2, 0.25) is 0 Å². The summed E-state index contributed by atoms with van der Waals surface area (Å²) in [5, 5.41) is 9.64. The number of carboxylic acid groups (broad SMARTS) is 1. The quantitative estimate of drug-likeness (QED) is 0.874. The van der Waals surface area contributed by atoms with Gasteiger partial charge in [-0.1, -0.05) is 19.1 Å². The van der Waals surface area contributed by atoms with E-state index in [0.29, 0.717) is 18.0 Å². The molecule has 0 aliphatic rings. The van der Waals surface area contributed by atoms with E-state index >= 15 is 0 Å². The van der Waals surface area contributed by atoms with Crippen molar-refractivity contribution >= 4 is 16.9 Å². The Labute approximate surface area is 98.1 Å². The van der Waals surface area contributed by atoms with Crippen molar-refractivity contribution in [3.63, 3.8) is 0 Å². The summed E-state index contributed by atoms with van der Waals surface area (Å²) in [6.45, 7) is 2.47. The van der Waals surface area contributed by atoms with E-state index in [0.717, 1.165) is 11.8 Å². The number of hydrogen-bond donors (Lipinski definition) is 1. The number of rotatable bonds is 4. The van der Waals surface area contributed by atoms with Crippen LogP contribution >= 0.6 is 0 Å². The van der Waals surface area contributed by atoms with Gasteiger partial charge in [0, 0.05) is 0 Å². The molecule has 0 radical (unpaired) electrons. The highest BCUT2D eigenvalue weighted by molar-refractivity contribution is 5.89. The van der Waals surface area contributed by atoms with Crippen molar-refractivity contribution < 1.29 is 14.6 Å². The van der Waals surface area contributed by atoms with Crippen molar-refractivity contribution in [3.8, 4) is 5.88 Å². The van der Waals surface area contributed by atoms with E-state index in [1.165, 1.54) is 0 Å². The molecule has 88 valence electrons. The summed E-state index contributed by atoms with van der Waals surface area (Å²) in [4.78, 5) is 18.7. The van der Waals surface area contributed by atoms with Crippen LogP contribution in [0, 0.1) is 0 Å². The summed E-state index contributed by atoms with van der Waals surface area (Å²) < 4.78 is 5.44. The molecule has 1 aromatic heterocycles. The van der Waals surface area contributed by atoms with Gasteiger partial charge in [-0.15, -0.1) is 0 Å². The third-order valence-electron chi connectivity index (χ3n) is 2.20. The van der Waals surface area contributed by atoms with Gasteiger partial charge in [-0.3, -0.25) is 0 Å². The summed E-state index contributed by atoms with van der Waals surface area (Å²) in [6, 6.07) is 7.18. The number of hydrogen-bond acceptors (Lipinski definition) is 4.